The summed E-state index contributed by atoms with van der Waals surface area (Å²) in [5, 5.41) is 10.5. The van der Waals surface area contributed by atoms with E-state index in [0.717, 1.165) is 16.9 Å². The van der Waals surface area contributed by atoms with Crippen LogP contribution in [-0.4, -0.2) is 16.1 Å². The number of thiazole rings is 1. The molecule has 2 rings (SSSR count). The number of hydrogen-bond acceptors (Lipinski definition) is 4. The molecule has 0 saturated heterocycles. The minimum absolute atomic E-state index is 0.100. The molecule has 88 valence electrons. The number of rotatable bonds is 5. The molecular weight excluding hydrogens is 238 g/mol. The van der Waals surface area contributed by atoms with Gasteiger partial charge in [-0.05, 0) is 5.56 Å². The minimum Gasteiger partial charge on any atom is -0.476 e. The average molecular weight is 249 g/mol. The first-order valence-corrected chi connectivity index (χ1v) is 5.93. The number of aromatic carboxylic acids is 1. The lowest BCUT2D eigenvalue weighted by Gasteiger charge is -2.01. The highest BCUT2D eigenvalue weighted by Gasteiger charge is 2.08. The summed E-state index contributed by atoms with van der Waals surface area (Å²) in [4.78, 5) is 14.6. The highest BCUT2D eigenvalue weighted by molar-refractivity contribution is 7.11. The first-order chi connectivity index (χ1) is 8.25. The molecule has 2 aromatic rings. The van der Waals surface area contributed by atoms with Crippen LogP contribution >= 0.6 is 11.3 Å². The van der Waals surface area contributed by atoms with E-state index < -0.39 is 5.97 Å². The Balaban J connectivity index is 1.84. The Kier molecular flexibility index (Phi) is 3.85. The van der Waals surface area contributed by atoms with Crippen LogP contribution in [0.4, 0.5) is 0 Å². The standard InChI is InChI=1S/C12H11NO3S/c14-12(15)11-13-10(8-17-11)7-16-6-9-4-2-1-3-5-9/h1-5,8H,6-7H2,(H,14,15). The van der Waals surface area contributed by atoms with Crippen molar-refractivity contribution < 1.29 is 14.6 Å². The molecule has 5 heteroatoms. The fraction of sp³-hybridized carbons (Fsp3) is 0.167. The second-order valence-corrected chi connectivity index (χ2v) is 4.29. The van der Waals surface area contributed by atoms with Gasteiger partial charge in [0.25, 0.3) is 0 Å². The van der Waals surface area contributed by atoms with E-state index in [9.17, 15) is 4.79 Å². The Labute approximate surface area is 103 Å². The maximum absolute atomic E-state index is 10.6. The molecule has 0 atom stereocenters. The molecule has 0 aliphatic rings. The largest absolute Gasteiger partial charge is 0.476 e. The van der Waals surface area contributed by atoms with Crippen molar-refractivity contribution in [3.05, 3.63) is 52.0 Å². The summed E-state index contributed by atoms with van der Waals surface area (Å²) >= 11 is 1.11. The van der Waals surface area contributed by atoms with Crippen molar-refractivity contribution in [2.45, 2.75) is 13.2 Å². The zero-order valence-electron chi connectivity index (χ0n) is 9.00. The van der Waals surface area contributed by atoms with Crippen molar-refractivity contribution in [3.63, 3.8) is 0 Å². The Bertz CT molecular complexity index is 495. The van der Waals surface area contributed by atoms with Gasteiger partial charge in [-0.25, -0.2) is 9.78 Å². The van der Waals surface area contributed by atoms with Crippen LogP contribution in [0.1, 0.15) is 21.1 Å². The summed E-state index contributed by atoms with van der Waals surface area (Å²) in [6.07, 6.45) is 0. The van der Waals surface area contributed by atoms with E-state index in [1.807, 2.05) is 30.3 Å². The van der Waals surface area contributed by atoms with Gasteiger partial charge >= 0.3 is 5.97 Å². The lowest BCUT2D eigenvalue weighted by atomic mass is 10.2. The SMILES string of the molecule is O=C(O)c1nc(COCc2ccccc2)cs1. The number of carbonyl (C=O) groups is 1. The highest BCUT2D eigenvalue weighted by Crippen LogP contribution is 2.11. The van der Waals surface area contributed by atoms with E-state index in [-0.39, 0.29) is 5.01 Å². The van der Waals surface area contributed by atoms with Crippen LogP contribution in [0.3, 0.4) is 0 Å². The van der Waals surface area contributed by atoms with Crippen molar-refractivity contribution in [2.75, 3.05) is 0 Å². The third kappa shape index (κ3) is 3.37. The molecule has 0 saturated carbocycles. The quantitative estimate of drug-likeness (QED) is 0.884. The molecule has 17 heavy (non-hydrogen) atoms. The number of carboxylic acids is 1. The maximum Gasteiger partial charge on any atom is 0.365 e. The van der Waals surface area contributed by atoms with Crippen molar-refractivity contribution in [3.8, 4) is 0 Å². The van der Waals surface area contributed by atoms with Gasteiger partial charge in [-0.15, -0.1) is 11.3 Å². The monoisotopic (exact) mass is 249 g/mol. The number of nitrogens with zero attached hydrogens (tertiary/aromatic N) is 1. The average Bonchev–Trinajstić information content (AvgIpc) is 2.79. The van der Waals surface area contributed by atoms with Crippen LogP contribution in [0.25, 0.3) is 0 Å². The molecule has 0 aliphatic carbocycles. The molecule has 0 spiro atoms. The van der Waals surface area contributed by atoms with E-state index in [1.165, 1.54) is 0 Å². The number of benzene rings is 1. The van der Waals surface area contributed by atoms with Crippen molar-refractivity contribution in [2.24, 2.45) is 0 Å². The fourth-order valence-electron chi connectivity index (χ4n) is 1.32. The first-order valence-electron chi connectivity index (χ1n) is 5.05. The number of aromatic nitrogens is 1. The summed E-state index contributed by atoms with van der Waals surface area (Å²) in [6, 6.07) is 9.80. The van der Waals surface area contributed by atoms with Crippen LogP contribution in [-0.2, 0) is 18.0 Å². The first kappa shape index (κ1) is 11.8. The van der Waals surface area contributed by atoms with Crippen LogP contribution in [0, 0.1) is 0 Å². The zero-order chi connectivity index (χ0) is 12.1. The summed E-state index contributed by atoms with van der Waals surface area (Å²) < 4.78 is 5.45. The van der Waals surface area contributed by atoms with Gasteiger partial charge in [0.15, 0.2) is 0 Å². The zero-order valence-corrected chi connectivity index (χ0v) is 9.81. The van der Waals surface area contributed by atoms with E-state index in [4.69, 9.17) is 9.84 Å². The van der Waals surface area contributed by atoms with Gasteiger partial charge in [0.2, 0.25) is 5.01 Å². The normalized spacial score (nSPS) is 10.4. The van der Waals surface area contributed by atoms with Crippen molar-refractivity contribution in [1.82, 2.24) is 4.98 Å². The third-order valence-electron chi connectivity index (χ3n) is 2.10. The Morgan fingerprint density at radius 2 is 2.06 bits per heavy atom. The van der Waals surface area contributed by atoms with Gasteiger partial charge in [0.1, 0.15) is 0 Å². The summed E-state index contributed by atoms with van der Waals surface area (Å²) in [7, 11) is 0. The van der Waals surface area contributed by atoms with Gasteiger partial charge in [-0.1, -0.05) is 30.3 Å². The van der Waals surface area contributed by atoms with Gasteiger partial charge in [-0.3, -0.25) is 0 Å². The molecule has 1 heterocycles. The summed E-state index contributed by atoms with van der Waals surface area (Å²) in [5.74, 6) is -0.996. The molecule has 1 N–H and O–H groups in total. The topological polar surface area (TPSA) is 59.4 Å². The lowest BCUT2D eigenvalue weighted by Crippen LogP contribution is -1.97. The number of ether oxygens (including phenoxy) is 1. The maximum atomic E-state index is 10.6. The van der Waals surface area contributed by atoms with Gasteiger partial charge in [-0.2, -0.15) is 0 Å². The molecule has 4 nitrogen and oxygen atoms in total. The predicted octanol–water partition coefficient (Wildman–Crippen LogP) is 2.56. The van der Waals surface area contributed by atoms with E-state index in [2.05, 4.69) is 4.98 Å². The third-order valence-corrected chi connectivity index (χ3v) is 2.98. The van der Waals surface area contributed by atoms with Gasteiger partial charge in [0, 0.05) is 5.38 Å². The molecule has 0 fully saturated rings. The second kappa shape index (κ2) is 5.56. The Morgan fingerprint density at radius 1 is 1.29 bits per heavy atom. The second-order valence-electron chi connectivity index (χ2n) is 3.43. The van der Waals surface area contributed by atoms with Crippen molar-refractivity contribution >= 4 is 17.3 Å². The smallest absolute Gasteiger partial charge is 0.365 e. The Hall–Kier alpha value is -1.72. The van der Waals surface area contributed by atoms with Crippen LogP contribution in [0.5, 0.6) is 0 Å². The molecular formula is C12H11NO3S. The minimum atomic E-state index is -0.996. The Morgan fingerprint density at radius 3 is 2.71 bits per heavy atom. The predicted molar refractivity (Wildman–Crippen MR) is 64.0 cm³/mol. The number of carboxylic acid groups (broad SMARTS) is 1. The molecule has 1 aromatic heterocycles. The molecule has 0 aliphatic heterocycles. The molecule has 1 aromatic carbocycles. The van der Waals surface area contributed by atoms with Crippen LogP contribution in [0.15, 0.2) is 35.7 Å². The summed E-state index contributed by atoms with van der Waals surface area (Å²) in [6.45, 7) is 0.833. The van der Waals surface area contributed by atoms with E-state index in [0.29, 0.717) is 18.9 Å². The molecule has 0 bridgehead atoms. The van der Waals surface area contributed by atoms with Crippen molar-refractivity contribution in [1.29, 1.82) is 0 Å². The molecule has 0 unspecified atom stereocenters. The summed E-state index contributed by atoms with van der Waals surface area (Å²) in [5.41, 5.74) is 1.74. The van der Waals surface area contributed by atoms with E-state index >= 15 is 0 Å². The highest BCUT2D eigenvalue weighted by atomic mass is 32.1. The van der Waals surface area contributed by atoms with Gasteiger partial charge < -0.3 is 9.84 Å². The molecule has 0 radical (unpaired) electrons. The molecule has 0 amide bonds. The lowest BCUT2D eigenvalue weighted by molar-refractivity contribution is 0.0694. The fourth-order valence-corrected chi connectivity index (χ4v) is 1.96. The van der Waals surface area contributed by atoms with Crippen LogP contribution in [0.2, 0.25) is 0 Å². The number of hydrogen-bond donors (Lipinski definition) is 1. The van der Waals surface area contributed by atoms with Gasteiger partial charge in [0.05, 0.1) is 18.9 Å². The van der Waals surface area contributed by atoms with Crippen LogP contribution < -0.4 is 0 Å². The van der Waals surface area contributed by atoms with E-state index in [1.54, 1.807) is 5.38 Å².